The van der Waals surface area contributed by atoms with Gasteiger partial charge in [0.15, 0.2) is 0 Å². The van der Waals surface area contributed by atoms with Gasteiger partial charge < -0.3 is 10.1 Å². The molecule has 0 aromatic carbocycles. The summed E-state index contributed by atoms with van der Waals surface area (Å²) in [5.74, 6) is 0.806. The molecule has 0 amide bonds. The van der Waals surface area contributed by atoms with Gasteiger partial charge in [0, 0.05) is 18.0 Å². The molecule has 1 aromatic heterocycles. The Morgan fingerprint density at radius 3 is 2.67 bits per heavy atom. The third-order valence-corrected chi connectivity index (χ3v) is 2.61. The summed E-state index contributed by atoms with van der Waals surface area (Å²) in [5, 5.41) is 3.32. The smallest absolute Gasteiger partial charge is 0.125 e. The molecule has 4 nitrogen and oxygen atoms in total. The molecule has 2 heterocycles. The zero-order chi connectivity index (χ0) is 10.5. The summed E-state index contributed by atoms with van der Waals surface area (Å²) < 4.78 is 5.79. The van der Waals surface area contributed by atoms with Crippen LogP contribution in [0.15, 0.2) is 12.4 Å². The molecule has 0 saturated carbocycles. The van der Waals surface area contributed by atoms with E-state index in [1.54, 1.807) is 0 Å². The highest BCUT2D eigenvalue weighted by Gasteiger charge is 2.12. The number of hydrogen-bond donors (Lipinski definition) is 1. The van der Waals surface area contributed by atoms with Crippen LogP contribution in [-0.4, -0.2) is 29.2 Å². The molecule has 0 spiro atoms. The van der Waals surface area contributed by atoms with E-state index >= 15 is 0 Å². The van der Waals surface area contributed by atoms with Crippen molar-refractivity contribution < 1.29 is 4.74 Å². The summed E-state index contributed by atoms with van der Waals surface area (Å²) >= 11 is 0. The van der Waals surface area contributed by atoms with Gasteiger partial charge in [-0.05, 0) is 32.9 Å². The highest BCUT2D eigenvalue weighted by Crippen LogP contribution is 2.10. The van der Waals surface area contributed by atoms with Gasteiger partial charge in [-0.15, -0.1) is 0 Å². The number of piperidine rings is 1. The van der Waals surface area contributed by atoms with Crippen LogP contribution in [0.2, 0.25) is 0 Å². The highest BCUT2D eigenvalue weighted by atomic mass is 16.5. The minimum Gasteiger partial charge on any atom is -0.373 e. The molecule has 1 aromatic rings. The van der Waals surface area contributed by atoms with E-state index in [-0.39, 0.29) is 0 Å². The minimum atomic E-state index is 0.396. The molecule has 15 heavy (non-hydrogen) atoms. The van der Waals surface area contributed by atoms with Crippen molar-refractivity contribution in [2.75, 3.05) is 13.1 Å². The topological polar surface area (TPSA) is 47.0 Å². The lowest BCUT2D eigenvalue weighted by Gasteiger charge is -2.22. The highest BCUT2D eigenvalue weighted by molar-refractivity contribution is 5.02. The first kappa shape index (κ1) is 10.5. The van der Waals surface area contributed by atoms with Gasteiger partial charge in [0.25, 0.3) is 0 Å². The molecule has 0 atom stereocenters. The minimum absolute atomic E-state index is 0.396. The third kappa shape index (κ3) is 3.25. The average molecular weight is 207 g/mol. The quantitative estimate of drug-likeness (QED) is 0.805. The fourth-order valence-corrected chi connectivity index (χ4v) is 1.67. The van der Waals surface area contributed by atoms with Crippen molar-refractivity contribution >= 4 is 0 Å². The van der Waals surface area contributed by atoms with Crippen LogP contribution in [0.4, 0.5) is 0 Å². The van der Waals surface area contributed by atoms with E-state index in [0.717, 1.165) is 37.3 Å². The van der Waals surface area contributed by atoms with Crippen LogP contribution in [-0.2, 0) is 11.3 Å². The Morgan fingerprint density at radius 2 is 2.00 bits per heavy atom. The van der Waals surface area contributed by atoms with E-state index < -0.39 is 0 Å². The van der Waals surface area contributed by atoms with Gasteiger partial charge in [0.2, 0.25) is 0 Å². The van der Waals surface area contributed by atoms with Gasteiger partial charge in [-0.25, -0.2) is 9.97 Å². The molecule has 2 rings (SSSR count). The van der Waals surface area contributed by atoms with E-state index in [0.29, 0.717) is 12.7 Å². The number of ether oxygens (including phenoxy) is 1. The normalized spacial score (nSPS) is 17.9. The second kappa shape index (κ2) is 5.19. The van der Waals surface area contributed by atoms with Crippen LogP contribution >= 0.6 is 0 Å². The lowest BCUT2D eigenvalue weighted by Crippen LogP contribution is -2.32. The fraction of sp³-hybridized carbons (Fsp3) is 0.636. The van der Waals surface area contributed by atoms with Crippen molar-refractivity contribution in [3.05, 3.63) is 23.8 Å². The molecule has 82 valence electrons. The van der Waals surface area contributed by atoms with Crippen LogP contribution < -0.4 is 5.32 Å². The molecular weight excluding hydrogens is 190 g/mol. The summed E-state index contributed by atoms with van der Waals surface area (Å²) in [4.78, 5) is 8.28. The van der Waals surface area contributed by atoms with E-state index in [1.165, 1.54) is 0 Å². The first-order chi connectivity index (χ1) is 7.34. The number of rotatable bonds is 3. The first-order valence-electron chi connectivity index (χ1n) is 5.44. The molecule has 0 bridgehead atoms. The second-order valence-electron chi connectivity index (χ2n) is 3.90. The van der Waals surface area contributed by atoms with Crippen LogP contribution in [0.3, 0.4) is 0 Å². The molecule has 1 saturated heterocycles. The summed E-state index contributed by atoms with van der Waals surface area (Å²) in [7, 11) is 0. The Balaban J connectivity index is 1.79. The second-order valence-corrected chi connectivity index (χ2v) is 3.90. The van der Waals surface area contributed by atoms with Crippen molar-refractivity contribution in [3.8, 4) is 0 Å². The van der Waals surface area contributed by atoms with Crippen LogP contribution in [0.5, 0.6) is 0 Å². The van der Waals surface area contributed by atoms with Crippen molar-refractivity contribution in [2.24, 2.45) is 0 Å². The maximum absolute atomic E-state index is 5.79. The monoisotopic (exact) mass is 207 g/mol. The number of nitrogens with zero attached hydrogens (tertiary/aromatic N) is 2. The summed E-state index contributed by atoms with van der Waals surface area (Å²) in [6.07, 6.45) is 6.28. The van der Waals surface area contributed by atoms with E-state index in [9.17, 15) is 0 Å². The zero-order valence-electron chi connectivity index (χ0n) is 9.07. The summed E-state index contributed by atoms with van der Waals surface area (Å²) in [6.45, 7) is 4.65. The molecule has 1 fully saturated rings. The molecule has 4 heteroatoms. The number of hydrogen-bond acceptors (Lipinski definition) is 4. The first-order valence-corrected chi connectivity index (χ1v) is 5.44. The summed E-state index contributed by atoms with van der Waals surface area (Å²) in [6, 6.07) is 0. The van der Waals surface area contributed by atoms with Crippen molar-refractivity contribution in [1.29, 1.82) is 0 Å². The molecule has 0 radical (unpaired) electrons. The maximum atomic E-state index is 5.79. The third-order valence-electron chi connectivity index (χ3n) is 2.61. The molecule has 0 unspecified atom stereocenters. The molecule has 1 N–H and O–H groups in total. The Kier molecular flexibility index (Phi) is 3.64. The predicted molar refractivity (Wildman–Crippen MR) is 57.4 cm³/mol. The lowest BCUT2D eigenvalue weighted by molar-refractivity contribution is 0.0209. The van der Waals surface area contributed by atoms with E-state index in [4.69, 9.17) is 4.74 Å². The SMILES string of the molecule is Cc1ncc(COC2CCNCC2)cn1. The Hall–Kier alpha value is -1.00. The Labute approximate surface area is 90.1 Å². The summed E-state index contributed by atoms with van der Waals surface area (Å²) in [5.41, 5.74) is 1.05. The van der Waals surface area contributed by atoms with Crippen LogP contribution in [0, 0.1) is 6.92 Å². The van der Waals surface area contributed by atoms with E-state index in [2.05, 4.69) is 15.3 Å². The number of nitrogens with one attached hydrogen (secondary N) is 1. The largest absolute Gasteiger partial charge is 0.373 e. The zero-order valence-corrected chi connectivity index (χ0v) is 9.07. The van der Waals surface area contributed by atoms with Crippen molar-refractivity contribution in [1.82, 2.24) is 15.3 Å². The van der Waals surface area contributed by atoms with Crippen molar-refractivity contribution in [3.63, 3.8) is 0 Å². The van der Waals surface area contributed by atoms with Gasteiger partial charge in [0.1, 0.15) is 5.82 Å². The maximum Gasteiger partial charge on any atom is 0.125 e. The predicted octanol–water partition coefficient (Wildman–Crippen LogP) is 1.05. The van der Waals surface area contributed by atoms with Crippen LogP contribution in [0.25, 0.3) is 0 Å². The Bertz CT molecular complexity index is 293. The number of aromatic nitrogens is 2. The average Bonchev–Trinajstić information content (AvgIpc) is 2.30. The van der Waals surface area contributed by atoms with Gasteiger partial charge >= 0.3 is 0 Å². The standard InChI is InChI=1S/C11H17N3O/c1-9-13-6-10(7-14-9)8-15-11-2-4-12-5-3-11/h6-7,11-12H,2-5,8H2,1H3. The lowest BCUT2D eigenvalue weighted by atomic mass is 10.1. The van der Waals surface area contributed by atoms with Gasteiger partial charge in [-0.1, -0.05) is 0 Å². The van der Waals surface area contributed by atoms with Crippen LogP contribution in [0.1, 0.15) is 24.2 Å². The number of aryl methyl sites for hydroxylation is 1. The molecule has 0 aliphatic carbocycles. The van der Waals surface area contributed by atoms with Gasteiger partial charge in [-0.2, -0.15) is 0 Å². The van der Waals surface area contributed by atoms with Gasteiger partial charge in [-0.3, -0.25) is 0 Å². The van der Waals surface area contributed by atoms with Crippen molar-refractivity contribution in [2.45, 2.75) is 32.5 Å². The fourth-order valence-electron chi connectivity index (χ4n) is 1.67. The van der Waals surface area contributed by atoms with E-state index in [1.807, 2.05) is 19.3 Å². The Morgan fingerprint density at radius 1 is 1.33 bits per heavy atom. The molecular formula is C11H17N3O. The molecule has 1 aliphatic heterocycles. The molecule has 1 aliphatic rings. The van der Waals surface area contributed by atoms with Gasteiger partial charge in [0.05, 0.1) is 12.7 Å².